The van der Waals surface area contributed by atoms with Crippen LogP contribution in [0.1, 0.15) is 11.1 Å². The molecule has 0 saturated carbocycles. The second-order valence-electron chi connectivity index (χ2n) is 4.01. The molecule has 0 amide bonds. The Labute approximate surface area is 107 Å². The number of nitrogens with zero attached hydrogens (tertiary/aromatic N) is 3. The quantitative estimate of drug-likeness (QED) is 0.839. The second-order valence-corrected chi connectivity index (χ2v) is 4.01. The van der Waals surface area contributed by atoms with E-state index in [4.69, 9.17) is 0 Å². The average Bonchev–Trinajstić information content (AvgIpc) is 2.42. The van der Waals surface area contributed by atoms with Gasteiger partial charge in [-0.3, -0.25) is 4.98 Å². The van der Waals surface area contributed by atoms with Crippen molar-refractivity contribution in [2.75, 3.05) is 24.2 Å². The highest BCUT2D eigenvalue weighted by molar-refractivity contribution is 5.46. The molecule has 0 atom stereocenters. The largest absolute Gasteiger partial charge is 0.369 e. The number of anilines is 2. The average molecular weight is 243 g/mol. The summed E-state index contributed by atoms with van der Waals surface area (Å²) in [6.07, 6.45) is 6.40. The van der Waals surface area contributed by atoms with Crippen LogP contribution in [0.25, 0.3) is 0 Å². The summed E-state index contributed by atoms with van der Waals surface area (Å²) >= 11 is 0. The summed E-state index contributed by atoms with van der Waals surface area (Å²) in [6, 6.07) is 4.02. The number of hydrogen-bond acceptors (Lipinski definition) is 5. The normalized spacial score (nSPS) is 10.1. The number of rotatable bonds is 5. The monoisotopic (exact) mass is 243 g/mol. The van der Waals surface area contributed by atoms with Crippen LogP contribution < -0.4 is 10.6 Å². The van der Waals surface area contributed by atoms with Crippen molar-refractivity contribution in [2.45, 2.75) is 13.3 Å². The zero-order valence-corrected chi connectivity index (χ0v) is 10.6. The summed E-state index contributed by atoms with van der Waals surface area (Å²) in [6.45, 7) is 2.82. The molecule has 0 saturated heterocycles. The Balaban J connectivity index is 1.94. The molecule has 18 heavy (non-hydrogen) atoms. The van der Waals surface area contributed by atoms with Crippen LogP contribution in [-0.4, -0.2) is 28.5 Å². The number of hydrogen-bond donors (Lipinski definition) is 2. The molecular formula is C13H17N5. The lowest BCUT2D eigenvalue weighted by atomic mass is 10.2. The molecule has 0 fully saturated rings. The van der Waals surface area contributed by atoms with Gasteiger partial charge in [0, 0.05) is 37.7 Å². The molecule has 0 bridgehead atoms. The van der Waals surface area contributed by atoms with Gasteiger partial charge in [0.15, 0.2) is 0 Å². The summed E-state index contributed by atoms with van der Waals surface area (Å²) in [5, 5.41) is 6.25. The summed E-state index contributed by atoms with van der Waals surface area (Å²) in [5.41, 5.74) is 2.26. The van der Waals surface area contributed by atoms with Crippen LogP contribution >= 0.6 is 0 Å². The highest BCUT2D eigenvalue weighted by Gasteiger charge is 2.02. The van der Waals surface area contributed by atoms with E-state index in [1.54, 1.807) is 6.20 Å². The van der Waals surface area contributed by atoms with Crippen LogP contribution in [0.15, 0.2) is 30.7 Å². The minimum Gasteiger partial charge on any atom is -0.369 e. The first-order chi connectivity index (χ1) is 8.79. The maximum absolute atomic E-state index is 4.37. The molecule has 2 aromatic rings. The molecule has 2 heterocycles. The van der Waals surface area contributed by atoms with E-state index in [-0.39, 0.29) is 0 Å². The first-order valence-corrected chi connectivity index (χ1v) is 5.94. The van der Waals surface area contributed by atoms with Crippen molar-refractivity contribution in [3.05, 3.63) is 41.9 Å². The molecule has 2 rings (SSSR count). The van der Waals surface area contributed by atoms with Crippen molar-refractivity contribution in [1.29, 1.82) is 0 Å². The third-order valence-corrected chi connectivity index (χ3v) is 2.62. The number of pyridine rings is 1. The second kappa shape index (κ2) is 5.95. The van der Waals surface area contributed by atoms with Crippen LogP contribution in [0.3, 0.4) is 0 Å². The van der Waals surface area contributed by atoms with E-state index in [1.165, 1.54) is 5.56 Å². The van der Waals surface area contributed by atoms with Gasteiger partial charge in [-0.25, -0.2) is 4.98 Å². The van der Waals surface area contributed by atoms with Crippen molar-refractivity contribution >= 4 is 11.8 Å². The fourth-order valence-corrected chi connectivity index (χ4v) is 1.61. The lowest BCUT2D eigenvalue weighted by molar-refractivity contribution is 0.982. The van der Waals surface area contributed by atoms with Gasteiger partial charge in [0.25, 0.3) is 0 Å². The topological polar surface area (TPSA) is 62.7 Å². The molecule has 5 nitrogen and oxygen atoms in total. The first kappa shape index (κ1) is 12.3. The van der Waals surface area contributed by atoms with Gasteiger partial charge >= 0.3 is 0 Å². The van der Waals surface area contributed by atoms with Gasteiger partial charge in [0.05, 0.1) is 0 Å². The number of aromatic nitrogens is 3. The Morgan fingerprint density at radius 1 is 1.28 bits per heavy atom. The predicted molar refractivity (Wildman–Crippen MR) is 72.7 cm³/mol. The SMILES string of the molecule is CNc1ncc(C)c(NCCc2cccnc2)n1. The Morgan fingerprint density at radius 2 is 2.17 bits per heavy atom. The third-order valence-electron chi connectivity index (χ3n) is 2.62. The maximum Gasteiger partial charge on any atom is 0.224 e. The van der Waals surface area contributed by atoms with E-state index in [1.807, 2.05) is 32.4 Å². The van der Waals surface area contributed by atoms with E-state index in [2.05, 4.69) is 31.7 Å². The van der Waals surface area contributed by atoms with Crippen molar-refractivity contribution in [3.8, 4) is 0 Å². The van der Waals surface area contributed by atoms with Crippen molar-refractivity contribution in [1.82, 2.24) is 15.0 Å². The molecule has 0 aliphatic heterocycles. The van der Waals surface area contributed by atoms with Gasteiger partial charge in [-0.2, -0.15) is 4.98 Å². The molecule has 2 aromatic heterocycles. The van der Waals surface area contributed by atoms with Crippen molar-refractivity contribution in [2.24, 2.45) is 0 Å². The first-order valence-electron chi connectivity index (χ1n) is 5.94. The molecule has 0 radical (unpaired) electrons. The Hall–Kier alpha value is -2.17. The van der Waals surface area contributed by atoms with Gasteiger partial charge in [0.2, 0.25) is 5.95 Å². The summed E-state index contributed by atoms with van der Waals surface area (Å²) in [4.78, 5) is 12.6. The van der Waals surface area contributed by atoms with E-state index in [0.717, 1.165) is 24.3 Å². The van der Waals surface area contributed by atoms with E-state index < -0.39 is 0 Å². The fraction of sp³-hybridized carbons (Fsp3) is 0.308. The highest BCUT2D eigenvalue weighted by atomic mass is 15.1. The molecule has 0 unspecified atom stereocenters. The van der Waals surface area contributed by atoms with Crippen molar-refractivity contribution in [3.63, 3.8) is 0 Å². The fourth-order valence-electron chi connectivity index (χ4n) is 1.61. The van der Waals surface area contributed by atoms with E-state index in [0.29, 0.717) is 5.95 Å². The lowest BCUT2D eigenvalue weighted by Gasteiger charge is -2.09. The Bertz CT molecular complexity index is 498. The molecule has 0 aliphatic carbocycles. The molecule has 0 aliphatic rings. The predicted octanol–water partition coefficient (Wildman–Crippen LogP) is 1.88. The number of aryl methyl sites for hydroxylation is 1. The Morgan fingerprint density at radius 3 is 2.89 bits per heavy atom. The molecule has 0 spiro atoms. The van der Waals surface area contributed by atoms with Gasteiger partial charge in [0.1, 0.15) is 5.82 Å². The van der Waals surface area contributed by atoms with Crippen LogP contribution in [0, 0.1) is 6.92 Å². The van der Waals surface area contributed by atoms with E-state index >= 15 is 0 Å². The van der Waals surface area contributed by atoms with Crippen molar-refractivity contribution < 1.29 is 0 Å². The summed E-state index contributed by atoms with van der Waals surface area (Å²) in [7, 11) is 1.81. The maximum atomic E-state index is 4.37. The zero-order chi connectivity index (χ0) is 12.8. The molecule has 94 valence electrons. The van der Waals surface area contributed by atoms with Crippen LogP contribution in [-0.2, 0) is 6.42 Å². The summed E-state index contributed by atoms with van der Waals surface area (Å²) in [5.74, 6) is 1.50. The zero-order valence-electron chi connectivity index (χ0n) is 10.6. The lowest BCUT2D eigenvalue weighted by Crippen LogP contribution is -2.09. The summed E-state index contributed by atoms with van der Waals surface area (Å²) < 4.78 is 0. The van der Waals surface area contributed by atoms with Gasteiger partial charge < -0.3 is 10.6 Å². The van der Waals surface area contributed by atoms with E-state index in [9.17, 15) is 0 Å². The van der Waals surface area contributed by atoms with Crippen LogP contribution in [0.4, 0.5) is 11.8 Å². The van der Waals surface area contributed by atoms with Gasteiger partial charge in [-0.15, -0.1) is 0 Å². The van der Waals surface area contributed by atoms with Crippen LogP contribution in [0.2, 0.25) is 0 Å². The van der Waals surface area contributed by atoms with Crippen LogP contribution in [0.5, 0.6) is 0 Å². The molecule has 0 aromatic carbocycles. The standard InChI is InChI=1S/C13H17N5/c1-10-8-17-13(14-2)18-12(10)16-7-5-11-4-3-6-15-9-11/h3-4,6,8-9H,5,7H2,1-2H3,(H2,14,16,17,18). The third kappa shape index (κ3) is 3.16. The minimum atomic E-state index is 0.629. The van der Waals surface area contributed by atoms with Gasteiger partial charge in [-0.1, -0.05) is 6.07 Å². The molecule has 5 heteroatoms. The molecule has 2 N–H and O–H groups in total. The highest BCUT2D eigenvalue weighted by Crippen LogP contribution is 2.12. The Kier molecular flexibility index (Phi) is 4.06. The number of nitrogens with one attached hydrogen (secondary N) is 2. The molecular weight excluding hydrogens is 226 g/mol. The smallest absolute Gasteiger partial charge is 0.224 e. The minimum absolute atomic E-state index is 0.629. The van der Waals surface area contributed by atoms with Gasteiger partial charge in [-0.05, 0) is 25.0 Å².